The average Bonchev–Trinajstić information content (AvgIpc) is 3.61. The van der Waals surface area contributed by atoms with Crippen molar-refractivity contribution in [3.05, 3.63) is 151 Å². The van der Waals surface area contributed by atoms with Crippen molar-refractivity contribution in [3.8, 4) is 11.4 Å². The fraction of sp³-hybridized carbons (Fsp3) is 0.0606. The summed E-state index contributed by atoms with van der Waals surface area (Å²) in [7, 11) is 0. The Kier molecular flexibility index (Phi) is 5.53. The lowest BCUT2D eigenvalue weighted by Crippen LogP contribution is -2.43. The van der Waals surface area contributed by atoms with Gasteiger partial charge in [-0.1, -0.05) is 120 Å². The van der Waals surface area contributed by atoms with E-state index in [1.165, 1.54) is 0 Å². The number of benzene rings is 5. The van der Waals surface area contributed by atoms with E-state index in [1.807, 2.05) is 144 Å². The summed E-state index contributed by atoms with van der Waals surface area (Å²) in [4.78, 5) is 5.08. The van der Waals surface area contributed by atoms with Gasteiger partial charge >= 0.3 is 0 Å². The standard InChI is InChI=1S/C33H25N5O/c39-33(25-16-6-2-7-17-25,26-18-8-3-9-19-26)32(38-30-23-13-11-21-28(30)35-36-38)37-29-22-12-10-20-27(29)34-31(37)24-14-4-1-5-15-24/h1-23,32,39H. The molecular formula is C33H25N5O. The first-order chi connectivity index (χ1) is 19.2. The van der Waals surface area contributed by atoms with Crippen LogP contribution in [0.25, 0.3) is 33.5 Å². The number of fused-ring (bicyclic) bond motifs is 2. The second-order valence-corrected chi connectivity index (χ2v) is 9.55. The van der Waals surface area contributed by atoms with Crippen molar-refractivity contribution in [3.63, 3.8) is 0 Å². The molecule has 1 N–H and O–H groups in total. The Morgan fingerprint density at radius 3 is 1.72 bits per heavy atom. The van der Waals surface area contributed by atoms with Gasteiger partial charge in [0.25, 0.3) is 0 Å². The number of imidazole rings is 1. The number of aliphatic hydroxyl groups is 1. The van der Waals surface area contributed by atoms with Gasteiger partial charge in [0, 0.05) is 5.56 Å². The second kappa shape index (κ2) is 9.35. The van der Waals surface area contributed by atoms with Crippen LogP contribution in [0.15, 0.2) is 140 Å². The maximum Gasteiger partial charge on any atom is 0.168 e. The smallest absolute Gasteiger partial charge is 0.168 e. The van der Waals surface area contributed by atoms with E-state index in [-0.39, 0.29) is 0 Å². The predicted molar refractivity (Wildman–Crippen MR) is 153 cm³/mol. The molecule has 5 aromatic carbocycles. The molecule has 0 saturated heterocycles. The summed E-state index contributed by atoms with van der Waals surface area (Å²) in [5.74, 6) is 0.728. The monoisotopic (exact) mass is 507 g/mol. The Morgan fingerprint density at radius 2 is 1.08 bits per heavy atom. The molecule has 0 bridgehead atoms. The number of para-hydroxylation sites is 3. The quantitative estimate of drug-likeness (QED) is 0.282. The largest absolute Gasteiger partial charge is 0.376 e. The molecule has 1 atom stereocenters. The van der Waals surface area contributed by atoms with Gasteiger partial charge in [-0.15, -0.1) is 5.10 Å². The van der Waals surface area contributed by atoms with Gasteiger partial charge < -0.3 is 5.11 Å². The molecule has 39 heavy (non-hydrogen) atoms. The zero-order valence-corrected chi connectivity index (χ0v) is 21.0. The lowest BCUT2D eigenvalue weighted by Gasteiger charge is -2.39. The molecule has 6 heteroatoms. The predicted octanol–water partition coefficient (Wildman–Crippen LogP) is 6.43. The van der Waals surface area contributed by atoms with Crippen molar-refractivity contribution in [2.45, 2.75) is 11.8 Å². The molecule has 1 unspecified atom stereocenters. The molecule has 0 aliphatic heterocycles. The SMILES string of the molecule is OC(c1ccccc1)(c1ccccc1)C(n1nnc2ccccc21)n1c(-c2ccccc2)nc2ccccc21. The van der Waals surface area contributed by atoms with E-state index >= 15 is 0 Å². The van der Waals surface area contributed by atoms with Crippen molar-refractivity contribution in [1.82, 2.24) is 24.5 Å². The number of hydrogen-bond donors (Lipinski definition) is 1. The zero-order valence-electron chi connectivity index (χ0n) is 21.0. The lowest BCUT2D eigenvalue weighted by atomic mass is 9.83. The first-order valence-electron chi connectivity index (χ1n) is 12.9. The van der Waals surface area contributed by atoms with Gasteiger partial charge in [-0.05, 0) is 35.4 Å². The molecule has 0 radical (unpaired) electrons. The van der Waals surface area contributed by atoms with Gasteiger partial charge in [-0.3, -0.25) is 4.57 Å². The third-order valence-electron chi connectivity index (χ3n) is 7.28. The van der Waals surface area contributed by atoms with E-state index in [0.717, 1.165) is 44.6 Å². The van der Waals surface area contributed by atoms with E-state index in [9.17, 15) is 5.11 Å². The van der Waals surface area contributed by atoms with Crippen LogP contribution in [0.3, 0.4) is 0 Å². The molecule has 7 rings (SSSR count). The van der Waals surface area contributed by atoms with E-state index < -0.39 is 11.8 Å². The highest BCUT2D eigenvalue weighted by molar-refractivity contribution is 5.81. The van der Waals surface area contributed by atoms with E-state index in [0.29, 0.717) is 0 Å². The highest BCUT2D eigenvalue weighted by Gasteiger charge is 2.45. The summed E-state index contributed by atoms with van der Waals surface area (Å²) in [5, 5.41) is 22.4. The van der Waals surface area contributed by atoms with Crippen molar-refractivity contribution >= 4 is 22.1 Å². The highest BCUT2D eigenvalue weighted by Crippen LogP contribution is 2.44. The molecule has 2 heterocycles. The summed E-state index contributed by atoms with van der Waals surface area (Å²) >= 11 is 0. The number of rotatable bonds is 6. The minimum atomic E-state index is -1.55. The third kappa shape index (κ3) is 3.73. The lowest BCUT2D eigenvalue weighted by molar-refractivity contribution is 0.00711. The molecular weight excluding hydrogens is 482 g/mol. The van der Waals surface area contributed by atoms with Gasteiger partial charge in [0.1, 0.15) is 11.3 Å². The molecule has 0 amide bonds. The topological polar surface area (TPSA) is 68.8 Å². The zero-order chi connectivity index (χ0) is 26.2. The normalized spacial score (nSPS) is 12.6. The number of aromatic nitrogens is 5. The highest BCUT2D eigenvalue weighted by atomic mass is 16.3. The maximum atomic E-state index is 13.2. The van der Waals surface area contributed by atoms with E-state index in [4.69, 9.17) is 4.98 Å². The molecule has 0 aliphatic rings. The third-order valence-corrected chi connectivity index (χ3v) is 7.28. The van der Waals surface area contributed by atoms with Crippen molar-refractivity contribution in [2.75, 3.05) is 0 Å². The van der Waals surface area contributed by atoms with Crippen LogP contribution >= 0.6 is 0 Å². The molecule has 0 saturated carbocycles. The summed E-state index contributed by atoms with van der Waals surface area (Å²) in [6.07, 6.45) is -0.780. The molecule has 2 aromatic heterocycles. The van der Waals surface area contributed by atoms with Crippen LogP contribution in [-0.2, 0) is 5.60 Å². The van der Waals surface area contributed by atoms with Crippen molar-refractivity contribution < 1.29 is 5.11 Å². The van der Waals surface area contributed by atoms with Crippen molar-refractivity contribution in [1.29, 1.82) is 0 Å². The van der Waals surface area contributed by atoms with Gasteiger partial charge in [0.2, 0.25) is 0 Å². The summed E-state index contributed by atoms with van der Waals surface area (Å²) in [6, 6.07) is 45.5. The van der Waals surface area contributed by atoms with E-state index in [2.05, 4.69) is 14.9 Å². The Bertz CT molecular complexity index is 1840. The van der Waals surface area contributed by atoms with E-state index in [1.54, 1.807) is 0 Å². The Balaban J connectivity index is 1.65. The van der Waals surface area contributed by atoms with Crippen LogP contribution in [0.2, 0.25) is 0 Å². The number of hydrogen-bond acceptors (Lipinski definition) is 4. The first kappa shape index (κ1) is 23.1. The molecule has 188 valence electrons. The molecule has 0 aliphatic carbocycles. The van der Waals surface area contributed by atoms with Crippen LogP contribution in [0, 0.1) is 0 Å². The van der Waals surface area contributed by atoms with Crippen LogP contribution in [0.4, 0.5) is 0 Å². The van der Waals surface area contributed by atoms with Gasteiger partial charge in [0.15, 0.2) is 11.8 Å². The maximum absolute atomic E-state index is 13.2. The molecule has 0 fully saturated rings. The Hall–Kier alpha value is -5.07. The van der Waals surface area contributed by atoms with Gasteiger partial charge in [0.05, 0.1) is 16.6 Å². The summed E-state index contributed by atoms with van der Waals surface area (Å²) in [6.45, 7) is 0. The average molecular weight is 508 g/mol. The number of nitrogens with zero attached hydrogens (tertiary/aromatic N) is 5. The Morgan fingerprint density at radius 1 is 0.564 bits per heavy atom. The van der Waals surface area contributed by atoms with Gasteiger partial charge in [-0.2, -0.15) is 0 Å². The first-order valence-corrected chi connectivity index (χ1v) is 12.9. The van der Waals surface area contributed by atoms with Gasteiger partial charge in [-0.25, -0.2) is 9.67 Å². The van der Waals surface area contributed by atoms with Crippen LogP contribution < -0.4 is 0 Å². The van der Waals surface area contributed by atoms with Crippen molar-refractivity contribution in [2.24, 2.45) is 0 Å². The molecule has 6 nitrogen and oxygen atoms in total. The van der Waals surface area contributed by atoms with Crippen LogP contribution in [-0.4, -0.2) is 29.7 Å². The Labute approximate surface area is 225 Å². The fourth-order valence-corrected chi connectivity index (χ4v) is 5.47. The van der Waals surface area contributed by atoms with Crippen LogP contribution in [0.1, 0.15) is 17.3 Å². The molecule has 0 spiro atoms. The minimum Gasteiger partial charge on any atom is -0.376 e. The molecule has 7 aromatic rings. The summed E-state index contributed by atoms with van der Waals surface area (Å²) < 4.78 is 3.93. The minimum absolute atomic E-state index is 0.728. The summed E-state index contributed by atoms with van der Waals surface area (Å²) in [5.41, 5.74) is 4.12. The fourth-order valence-electron chi connectivity index (χ4n) is 5.47. The second-order valence-electron chi connectivity index (χ2n) is 9.55. The van der Waals surface area contributed by atoms with Crippen LogP contribution in [0.5, 0.6) is 0 Å².